The van der Waals surface area contributed by atoms with Crippen LogP contribution in [0.5, 0.6) is 0 Å². The topological polar surface area (TPSA) is 49.8 Å². The Labute approximate surface area is 143 Å². The summed E-state index contributed by atoms with van der Waals surface area (Å²) in [5.41, 5.74) is 1.19. The first kappa shape index (κ1) is 16.2. The second kappa shape index (κ2) is 7.28. The molecule has 0 aromatic carbocycles. The van der Waals surface area contributed by atoms with Gasteiger partial charge in [-0.3, -0.25) is 0 Å². The van der Waals surface area contributed by atoms with Crippen molar-refractivity contribution in [2.75, 3.05) is 18.4 Å². The molecule has 1 aliphatic heterocycles. The van der Waals surface area contributed by atoms with Gasteiger partial charge in [0.15, 0.2) is 0 Å². The van der Waals surface area contributed by atoms with Crippen LogP contribution in [-0.4, -0.2) is 23.1 Å². The average molecular weight is 331 g/mol. The maximum absolute atomic E-state index is 4.77. The molecule has 3 heterocycles. The van der Waals surface area contributed by atoms with E-state index in [-0.39, 0.29) is 12.4 Å². The van der Waals surface area contributed by atoms with E-state index in [1.807, 2.05) is 24.3 Å². The summed E-state index contributed by atoms with van der Waals surface area (Å²) in [7, 11) is 0. The molecule has 1 saturated heterocycles. The molecule has 4 nitrogen and oxygen atoms in total. The van der Waals surface area contributed by atoms with Crippen LogP contribution in [0.15, 0.2) is 42.6 Å². The van der Waals surface area contributed by atoms with Crippen LogP contribution in [0.4, 0.5) is 11.6 Å². The fourth-order valence-corrected chi connectivity index (χ4v) is 4.02. The molecular weight excluding hydrogens is 308 g/mol. The number of halogens is 1. The fourth-order valence-electron chi connectivity index (χ4n) is 4.02. The van der Waals surface area contributed by atoms with Crippen LogP contribution in [-0.2, 0) is 6.42 Å². The molecule has 2 aliphatic rings. The standard InChI is InChI=1S/C18H22N4.ClH/c1-2-9-20-17(5-1)22-18-6-3-4-15(21-18)10-13-7-8-14-11-19-12-16(13)14;/h1-6,9,13-14,16,19H,7-8,10-12H2,(H,20,21,22);1H/t13-,14-,16-;/m1./s1. The number of hydrogen-bond acceptors (Lipinski definition) is 4. The summed E-state index contributed by atoms with van der Waals surface area (Å²) in [6, 6.07) is 12.1. The lowest BCUT2D eigenvalue weighted by molar-refractivity contribution is 0.372. The van der Waals surface area contributed by atoms with Gasteiger partial charge in [0.05, 0.1) is 0 Å². The number of fused-ring (bicyclic) bond motifs is 1. The Kier molecular flexibility index (Phi) is 5.13. The first-order valence-corrected chi connectivity index (χ1v) is 8.23. The van der Waals surface area contributed by atoms with Gasteiger partial charge in [0, 0.05) is 11.9 Å². The highest BCUT2D eigenvalue weighted by atomic mass is 35.5. The Morgan fingerprint density at radius 2 is 1.96 bits per heavy atom. The summed E-state index contributed by atoms with van der Waals surface area (Å²) >= 11 is 0. The molecule has 2 N–H and O–H groups in total. The van der Waals surface area contributed by atoms with E-state index in [4.69, 9.17) is 4.98 Å². The third kappa shape index (κ3) is 3.65. The maximum atomic E-state index is 4.77. The molecule has 1 aliphatic carbocycles. The van der Waals surface area contributed by atoms with Crippen molar-refractivity contribution in [2.24, 2.45) is 17.8 Å². The van der Waals surface area contributed by atoms with Crippen molar-refractivity contribution >= 4 is 24.0 Å². The van der Waals surface area contributed by atoms with Gasteiger partial charge in [0.1, 0.15) is 11.6 Å². The Morgan fingerprint density at radius 1 is 1.04 bits per heavy atom. The molecule has 2 aromatic heterocycles. The van der Waals surface area contributed by atoms with Gasteiger partial charge in [-0.25, -0.2) is 9.97 Å². The van der Waals surface area contributed by atoms with Crippen molar-refractivity contribution in [3.05, 3.63) is 48.3 Å². The third-order valence-electron chi connectivity index (χ3n) is 5.10. The van der Waals surface area contributed by atoms with Gasteiger partial charge in [0.25, 0.3) is 0 Å². The summed E-state index contributed by atoms with van der Waals surface area (Å²) in [4.78, 5) is 9.07. The van der Waals surface area contributed by atoms with Crippen LogP contribution in [0.25, 0.3) is 0 Å². The zero-order chi connectivity index (χ0) is 14.8. The van der Waals surface area contributed by atoms with Gasteiger partial charge >= 0.3 is 0 Å². The molecule has 0 radical (unpaired) electrons. The van der Waals surface area contributed by atoms with E-state index in [0.29, 0.717) is 0 Å². The fraction of sp³-hybridized carbons (Fsp3) is 0.444. The van der Waals surface area contributed by atoms with E-state index in [1.165, 1.54) is 31.6 Å². The van der Waals surface area contributed by atoms with Crippen molar-refractivity contribution in [1.29, 1.82) is 0 Å². The normalized spacial score (nSPS) is 25.7. The Morgan fingerprint density at radius 3 is 2.83 bits per heavy atom. The Balaban J connectivity index is 0.00000156. The minimum Gasteiger partial charge on any atom is -0.325 e. The highest BCUT2D eigenvalue weighted by Crippen LogP contribution is 2.40. The second-order valence-electron chi connectivity index (χ2n) is 6.48. The molecule has 122 valence electrons. The molecular formula is C18H23ClN4. The molecule has 0 bridgehead atoms. The van der Waals surface area contributed by atoms with E-state index in [0.717, 1.165) is 35.8 Å². The lowest BCUT2D eigenvalue weighted by atomic mass is 9.89. The summed E-state index contributed by atoms with van der Waals surface area (Å²) in [6.45, 7) is 2.41. The van der Waals surface area contributed by atoms with E-state index in [9.17, 15) is 0 Å². The molecule has 1 saturated carbocycles. The minimum absolute atomic E-state index is 0. The van der Waals surface area contributed by atoms with Gasteiger partial charge in [-0.15, -0.1) is 12.4 Å². The van der Waals surface area contributed by atoms with E-state index in [1.54, 1.807) is 6.20 Å². The van der Waals surface area contributed by atoms with Gasteiger partial charge in [-0.2, -0.15) is 0 Å². The number of rotatable bonds is 4. The quantitative estimate of drug-likeness (QED) is 0.901. The summed E-state index contributed by atoms with van der Waals surface area (Å²) in [5, 5.41) is 6.82. The second-order valence-corrected chi connectivity index (χ2v) is 6.48. The van der Waals surface area contributed by atoms with E-state index in [2.05, 4.69) is 27.8 Å². The lowest BCUT2D eigenvalue weighted by Gasteiger charge is -2.17. The number of pyridine rings is 2. The molecule has 23 heavy (non-hydrogen) atoms. The average Bonchev–Trinajstić information content (AvgIpc) is 3.14. The molecule has 4 rings (SSSR count). The van der Waals surface area contributed by atoms with Gasteiger partial charge in [-0.05, 0) is 74.4 Å². The monoisotopic (exact) mass is 330 g/mol. The summed E-state index contributed by atoms with van der Waals surface area (Å²) in [5.74, 6) is 4.27. The highest BCUT2D eigenvalue weighted by molar-refractivity contribution is 5.85. The number of nitrogens with zero attached hydrogens (tertiary/aromatic N) is 2. The lowest BCUT2D eigenvalue weighted by Crippen LogP contribution is -2.18. The number of hydrogen-bond donors (Lipinski definition) is 2. The van der Waals surface area contributed by atoms with Crippen LogP contribution in [0.3, 0.4) is 0 Å². The van der Waals surface area contributed by atoms with Crippen molar-refractivity contribution in [3.63, 3.8) is 0 Å². The zero-order valence-corrected chi connectivity index (χ0v) is 13.9. The van der Waals surface area contributed by atoms with Crippen LogP contribution in [0.1, 0.15) is 18.5 Å². The smallest absolute Gasteiger partial charge is 0.131 e. The van der Waals surface area contributed by atoms with Gasteiger partial charge < -0.3 is 10.6 Å². The first-order valence-electron chi connectivity index (χ1n) is 8.23. The molecule has 0 unspecified atom stereocenters. The largest absolute Gasteiger partial charge is 0.325 e. The highest BCUT2D eigenvalue weighted by Gasteiger charge is 2.38. The molecule has 2 fully saturated rings. The summed E-state index contributed by atoms with van der Waals surface area (Å²) in [6.07, 6.45) is 5.63. The van der Waals surface area contributed by atoms with Crippen LogP contribution in [0, 0.1) is 17.8 Å². The maximum Gasteiger partial charge on any atom is 0.131 e. The van der Waals surface area contributed by atoms with Crippen LogP contribution >= 0.6 is 12.4 Å². The molecule has 2 aromatic rings. The Bertz CT molecular complexity index is 634. The van der Waals surface area contributed by atoms with Crippen LogP contribution in [0.2, 0.25) is 0 Å². The van der Waals surface area contributed by atoms with Crippen molar-refractivity contribution in [2.45, 2.75) is 19.3 Å². The van der Waals surface area contributed by atoms with Crippen molar-refractivity contribution in [1.82, 2.24) is 15.3 Å². The minimum atomic E-state index is 0. The molecule has 0 spiro atoms. The van der Waals surface area contributed by atoms with Crippen molar-refractivity contribution < 1.29 is 0 Å². The first-order chi connectivity index (χ1) is 10.9. The predicted molar refractivity (Wildman–Crippen MR) is 95.3 cm³/mol. The molecule has 3 atom stereocenters. The zero-order valence-electron chi connectivity index (χ0n) is 13.1. The SMILES string of the molecule is Cl.c1ccc(Nc2cccc(C[C@H]3CC[C@@H]4CNC[C@@H]43)n2)nc1. The third-order valence-corrected chi connectivity index (χ3v) is 5.10. The Hall–Kier alpha value is -1.65. The van der Waals surface area contributed by atoms with Crippen LogP contribution < -0.4 is 10.6 Å². The van der Waals surface area contributed by atoms with E-state index < -0.39 is 0 Å². The van der Waals surface area contributed by atoms with Crippen molar-refractivity contribution in [3.8, 4) is 0 Å². The summed E-state index contributed by atoms with van der Waals surface area (Å²) < 4.78 is 0. The number of anilines is 2. The molecule has 5 heteroatoms. The van der Waals surface area contributed by atoms with Gasteiger partial charge in [0.2, 0.25) is 0 Å². The number of aromatic nitrogens is 2. The van der Waals surface area contributed by atoms with E-state index >= 15 is 0 Å². The van der Waals surface area contributed by atoms with Gasteiger partial charge in [-0.1, -0.05) is 12.1 Å². The number of nitrogens with one attached hydrogen (secondary N) is 2. The molecule has 0 amide bonds. The predicted octanol–water partition coefficient (Wildman–Crippen LogP) is 3.43.